The van der Waals surface area contributed by atoms with Crippen LogP contribution in [-0.4, -0.2) is 18.7 Å². The third-order valence-corrected chi connectivity index (χ3v) is 2.65. The van der Waals surface area contributed by atoms with Gasteiger partial charge in [-0.3, -0.25) is 0 Å². The molecule has 0 fully saturated rings. The quantitative estimate of drug-likeness (QED) is 0.762. The van der Waals surface area contributed by atoms with Crippen molar-refractivity contribution in [2.75, 3.05) is 13.6 Å². The van der Waals surface area contributed by atoms with Gasteiger partial charge in [0.05, 0.1) is 4.34 Å². The second kappa shape index (κ2) is 4.07. The Balaban J connectivity index is 2.60. The zero-order chi connectivity index (χ0) is 8.27. The zero-order valence-corrected chi connectivity index (χ0v) is 7.75. The van der Waals surface area contributed by atoms with E-state index in [4.69, 9.17) is 11.6 Å². The Labute approximate surface area is 74.8 Å². The molecule has 62 valence electrons. The van der Waals surface area contributed by atoms with E-state index in [1.54, 1.807) is 13.1 Å². The number of thiophene rings is 1. The molecular weight excluding hydrogens is 182 g/mol. The lowest BCUT2D eigenvalue weighted by Gasteiger charge is -2.05. The average Bonchev–Trinajstić information content (AvgIpc) is 2.36. The van der Waals surface area contributed by atoms with Crippen molar-refractivity contribution in [1.29, 1.82) is 0 Å². The maximum absolute atomic E-state index is 9.42. The van der Waals surface area contributed by atoms with Gasteiger partial charge in [-0.05, 0) is 19.2 Å². The molecule has 1 atom stereocenters. The Bertz CT molecular complexity index is 226. The molecule has 0 bridgehead atoms. The first-order valence-electron chi connectivity index (χ1n) is 3.32. The first kappa shape index (κ1) is 9.00. The van der Waals surface area contributed by atoms with Gasteiger partial charge >= 0.3 is 0 Å². The summed E-state index contributed by atoms with van der Waals surface area (Å²) in [6.45, 7) is 0.566. The van der Waals surface area contributed by atoms with Crippen molar-refractivity contribution in [3.05, 3.63) is 21.3 Å². The van der Waals surface area contributed by atoms with Crippen molar-refractivity contribution in [2.45, 2.75) is 6.10 Å². The van der Waals surface area contributed by atoms with Gasteiger partial charge in [0, 0.05) is 11.4 Å². The number of hydrogen-bond acceptors (Lipinski definition) is 3. The van der Waals surface area contributed by atoms with E-state index in [2.05, 4.69) is 5.32 Å². The van der Waals surface area contributed by atoms with Crippen molar-refractivity contribution in [1.82, 2.24) is 5.32 Å². The Morgan fingerprint density at radius 1 is 1.73 bits per heavy atom. The van der Waals surface area contributed by atoms with Gasteiger partial charge in [0.15, 0.2) is 0 Å². The van der Waals surface area contributed by atoms with Crippen LogP contribution >= 0.6 is 22.9 Å². The highest BCUT2D eigenvalue weighted by Crippen LogP contribution is 2.26. The van der Waals surface area contributed by atoms with Crippen LogP contribution in [0.2, 0.25) is 4.34 Å². The second-order valence-corrected chi connectivity index (χ2v) is 3.96. The molecule has 0 spiro atoms. The van der Waals surface area contributed by atoms with Gasteiger partial charge in [-0.1, -0.05) is 11.6 Å². The molecule has 1 rings (SSSR count). The summed E-state index contributed by atoms with van der Waals surface area (Å²) in [6.07, 6.45) is -0.433. The normalized spacial score (nSPS) is 13.4. The lowest BCUT2D eigenvalue weighted by atomic mass is 10.3. The average molecular weight is 192 g/mol. The van der Waals surface area contributed by atoms with E-state index in [0.29, 0.717) is 6.54 Å². The molecule has 0 amide bonds. The predicted octanol–water partition coefficient (Wildman–Crippen LogP) is 1.65. The molecule has 0 aliphatic heterocycles. The van der Waals surface area contributed by atoms with Gasteiger partial charge in [0.25, 0.3) is 0 Å². The molecule has 2 nitrogen and oxygen atoms in total. The van der Waals surface area contributed by atoms with Gasteiger partial charge in [0.1, 0.15) is 6.10 Å². The number of hydrogen-bond donors (Lipinski definition) is 2. The Hall–Kier alpha value is -0.0900. The molecule has 0 radical (unpaired) electrons. The highest BCUT2D eigenvalue weighted by molar-refractivity contribution is 7.16. The maximum Gasteiger partial charge on any atom is 0.101 e. The Morgan fingerprint density at radius 2 is 2.45 bits per heavy atom. The maximum atomic E-state index is 9.42. The minimum Gasteiger partial charge on any atom is -0.386 e. The number of nitrogens with one attached hydrogen (secondary N) is 1. The van der Waals surface area contributed by atoms with Gasteiger partial charge in [0.2, 0.25) is 0 Å². The SMILES string of the molecule is CNCC(O)c1ccc(Cl)s1. The molecule has 0 saturated heterocycles. The fourth-order valence-corrected chi connectivity index (χ4v) is 1.85. The van der Waals surface area contributed by atoms with Crippen molar-refractivity contribution < 1.29 is 5.11 Å². The number of aliphatic hydroxyl groups excluding tert-OH is 1. The van der Waals surface area contributed by atoms with Crippen LogP contribution in [0.15, 0.2) is 12.1 Å². The van der Waals surface area contributed by atoms with Crippen molar-refractivity contribution in [3.63, 3.8) is 0 Å². The summed E-state index contributed by atoms with van der Waals surface area (Å²) < 4.78 is 0.718. The van der Waals surface area contributed by atoms with E-state index < -0.39 is 6.10 Å². The van der Waals surface area contributed by atoms with Gasteiger partial charge in [-0.25, -0.2) is 0 Å². The lowest BCUT2D eigenvalue weighted by molar-refractivity contribution is 0.181. The Kier molecular flexibility index (Phi) is 3.33. The molecule has 1 unspecified atom stereocenters. The van der Waals surface area contributed by atoms with Gasteiger partial charge < -0.3 is 10.4 Å². The smallest absolute Gasteiger partial charge is 0.101 e. The summed E-state index contributed by atoms with van der Waals surface area (Å²) in [5.41, 5.74) is 0. The lowest BCUT2D eigenvalue weighted by Crippen LogP contribution is -2.15. The van der Waals surface area contributed by atoms with Crippen molar-refractivity contribution in [2.24, 2.45) is 0 Å². The van der Waals surface area contributed by atoms with Crippen LogP contribution in [0.4, 0.5) is 0 Å². The van der Waals surface area contributed by atoms with E-state index in [-0.39, 0.29) is 0 Å². The largest absolute Gasteiger partial charge is 0.386 e. The minimum atomic E-state index is -0.433. The number of halogens is 1. The van der Waals surface area contributed by atoms with Gasteiger partial charge in [-0.15, -0.1) is 11.3 Å². The molecule has 0 aromatic carbocycles. The molecule has 2 N–H and O–H groups in total. The summed E-state index contributed by atoms with van der Waals surface area (Å²) in [4.78, 5) is 0.907. The number of rotatable bonds is 3. The zero-order valence-electron chi connectivity index (χ0n) is 6.17. The summed E-state index contributed by atoms with van der Waals surface area (Å²) in [6, 6.07) is 3.63. The number of aliphatic hydroxyl groups is 1. The van der Waals surface area contributed by atoms with E-state index in [1.165, 1.54) is 11.3 Å². The Morgan fingerprint density at radius 3 is 2.91 bits per heavy atom. The number of likely N-dealkylation sites (N-methyl/N-ethyl adjacent to an activating group) is 1. The van der Waals surface area contributed by atoms with Crippen LogP contribution in [0.25, 0.3) is 0 Å². The summed E-state index contributed by atoms with van der Waals surface area (Å²) >= 11 is 7.10. The monoisotopic (exact) mass is 191 g/mol. The van der Waals surface area contributed by atoms with Crippen LogP contribution in [0.1, 0.15) is 11.0 Å². The molecular formula is C7H10ClNOS. The first-order valence-corrected chi connectivity index (χ1v) is 4.51. The topological polar surface area (TPSA) is 32.3 Å². The highest BCUT2D eigenvalue weighted by atomic mass is 35.5. The van der Waals surface area contributed by atoms with E-state index in [1.807, 2.05) is 6.07 Å². The van der Waals surface area contributed by atoms with Crippen molar-refractivity contribution >= 4 is 22.9 Å². The summed E-state index contributed by atoms with van der Waals surface area (Å²) in [5.74, 6) is 0. The third kappa shape index (κ3) is 2.45. The highest BCUT2D eigenvalue weighted by Gasteiger charge is 2.07. The fourth-order valence-electron chi connectivity index (χ4n) is 0.801. The summed E-state index contributed by atoms with van der Waals surface area (Å²) in [5, 5.41) is 12.3. The van der Waals surface area contributed by atoms with Crippen LogP contribution in [0.5, 0.6) is 0 Å². The molecule has 11 heavy (non-hydrogen) atoms. The van der Waals surface area contributed by atoms with Gasteiger partial charge in [-0.2, -0.15) is 0 Å². The molecule has 1 aromatic rings. The molecule has 1 aromatic heterocycles. The van der Waals surface area contributed by atoms with E-state index in [0.717, 1.165) is 9.21 Å². The van der Waals surface area contributed by atoms with E-state index in [9.17, 15) is 5.11 Å². The molecule has 1 heterocycles. The van der Waals surface area contributed by atoms with Crippen LogP contribution < -0.4 is 5.32 Å². The third-order valence-electron chi connectivity index (χ3n) is 1.32. The van der Waals surface area contributed by atoms with Crippen LogP contribution in [0, 0.1) is 0 Å². The second-order valence-electron chi connectivity index (χ2n) is 2.22. The molecule has 0 aliphatic carbocycles. The molecule has 0 saturated carbocycles. The predicted molar refractivity (Wildman–Crippen MR) is 48.2 cm³/mol. The molecule has 0 aliphatic rings. The van der Waals surface area contributed by atoms with Crippen LogP contribution in [0.3, 0.4) is 0 Å². The standard InChI is InChI=1S/C7H10ClNOS/c1-9-4-5(10)6-2-3-7(8)11-6/h2-3,5,9-10H,4H2,1H3. The van der Waals surface area contributed by atoms with E-state index >= 15 is 0 Å². The van der Waals surface area contributed by atoms with Crippen molar-refractivity contribution in [3.8, 4) is 0 Å². The minimum absolute atomic E-state index is 0.433. The van der Waals surface area contributed by atoms with Crippen LogP contribution in [-0.2, 0) is 0 Å². The first-order chi connectivity index (χ1) is 5.24. The summed E-state index contributed by atoms with van der Waals surface area (Å²) in [7, 11) is 1.80. The molecule has 4 heteroatoms. The fraction of sp³-hybridized carbons (Fsp3) is 0.429.